The van der Waals surface area contributed by atoms with E-state index in [0.717, 1.165) is 27.7 Å². The average Bonchev–Trinajstić information content (AvgIpc) is 3.09. The first-order valence-electron chi connectivity index (χ1n) is 7.64. The fourth-order valence-corrected chi connectivity index (χ4v) is 3.02. The van der Waals surface area contributed by atoms with E-state index in [1.807, 2.05) is 30.6 Å². The normalized spacial score (nSPS) is 11.0. The van der Waals surface area contributed by atoms with E-state index in [9.17, 15) is 0 Å². The van der Waals surface area contributed by atoms with Crippen molar-refractivity contribution in [2.45, 2.75) is 6.61 Å². The molecule has 3 heterocycles. The van der Waals surface area contributed by atoms with Crippen molar-refractivity contribution in [2.24, 2.45) is 0 Å². The molecule has 0 atom stereocenters. The second kappa shape index (κ2) is 6.75. The Kier molecular flexibility index (Phi) is 4.30. The number of H-pyrrole nitrogens is 1. The van der Waals surface area contributed by atoms with Gasteiger partial charge in [0.25, 0.3) is 0 Å². The summed E-state index contributed by atoms with van der Waals surface area (Å²) in [5, 5.41) is 2.24. The third kappa shape index (κ3) is 3.45. The van der Waals surface area contributed by atoms with Crippen molar-refractivity contribution < 1.29 is 4.74 Å². The van der Waals surface area contributed by atoms with Crippen LogP contribution in [0.3, 0.4) is 0 Å². The lowest BCUT2D eigenvalue weighted by atomic mass is 10.1. The zero-order valence-electron chi connectivity index (χ0n) is 13.0. The number of nitrogens with one attached hydrogen (secondary N) is 1. The first-order chi connectivity index (χ1) is 12.2. The van der Waals surface area contributed by atoms with Gasteiger partial charge in [-0.15, -0.1) is 0 Å². The maximum atomic E-state index is 6.18. The monoisotopic (exact) mass is 369 g/mol. The van der Waals surface area contributed by atoms with Crippen LogP contribution in [-0.2, 0) is 6.61 Å². The molecular formula is C19H13Cl2N3O. The zero-order chi connectivity index (χ0) is 17.2. The third-order valence-electron chi connectivity index (χ3n) is 3.86. The van der Waals surface area contributed by atoms with Gasteiger partial charge in [-0.1, -0.05) is 29.3 Å². The molecule has 0 fully saturated rings. The van der Waals surface area contributed by atoms with Gasteiger partial charge in [0.05, 0.1) is 6.20 Å². The largest absolute Gasteiger partial charge is 0.487 e. The first kappa shape index (κ1) is 15.9. The van der Waals surface area contributed by atoms with Gasteiger partial charge in [0.1, 0.15) is 18.0 Å². The Labute approximate surface area is 154 Å². The van der Waals surface area contributed by atoms with Crippen LogP contribution in [0.2, 0.25) is 10.0 Å². The molecule has 4 aromatic rings. The predicted molar refractivity (Wildman–Crippen MR) is 100 cm³/mol. The molecule has 0 saturated carbocycles. The van der Waals surface area contributed by atoms with Gasteiger partial charge >= 0.3 is 0 Å². The number of hydrogen-bond acceptors (Lipinski definition) is 3. The smallest absolute Gasteiger partial charge is 0.138 e. The van der Waals surface area contributed by atoms with E-state index in [4.69, 9.17) is 27.9 Å². The Morgan fingerprint density at radius 1 is 0.960 bits per heavy atom. The Balaban J connectivity index is 1.56. The summed E-state index contributed by atoms with van der Waals surface area (Å²) in [5.41, 5.74) is 3.65. The minimum absolute atomic E-state index is 0.343. The number of fused-ring (bicyclic) bond motifs is 1. The quantitative estimate of drug-likeness (QED) is 0.515. The third-order valence-corrected chi connectivity index (χ3v) is 4.44. The molecule has 0 amide bonds. The molecule has 3 aromatic heterocycles. The van der Waals surface area contributed by atoms with Crippen molar-refractivity contribution in [1.82, 2.24) is 15.0 Å². The van der Waals surface area contributed by atoms with E-state index >= 15 is 0 Å². The summed E-state index contributed by atoms with van der Waals surface area (Å²) in [6.45, 7) is 0.343. The van der Waals surface area contributed by atoms with Crippen LogP contribution in [0, 0.1) is 0 Å². The number of pyridine rings is 2. The number of benzene rings is 1. The standard InChI is InChI=1S/C19H13Cl2N3O/c20-16-2-1-13(18(21)7-16)11-25-17-6-15(8-22-10-17)14-5-12-3-4-23-19(12)24-9-14/h1-10H,11H2,(H,23,24). The van der Waals surface area contributed by atoms with Gasteiger partial charge in [-0.2, -0.15) is 0 Å². The van der Waals surface area contributed by atoms with Gasteiger partial charge in [-0.3, -0.25) is 4.98 Å². The highest BCUT2D eigenvalue weighted by Gasteiger charge is 2.06. The second-order valence-corrected chi connectivity index (χ2v) is 6.42. The molecule has 124 valence electrons. The molecule has 0 unspecified atom stereocenters. The van der Waals surface area contributed by atoms with Crippen molar-refractivity contribution in [3.63, 3.8) is 0 Å². The van der Waals surface area contributed by atoms with E-state index in [1.54, 1.807) is 24.5 Å². The van der Waals surface area contributed by atoms with Crippen LogP contribution in [0.1, 0.15) is 5.56 Å². The summed E-state index contributed by atoms with van der Waals surface area (Å²) in [5.74, 6) is 0.665. The van der Waals surface area contributed by atoms with E-state index in [1.165, 1.54) is 0 Å². The van der Waals surface area contributed by atoms with Crippen LogP contribution < -0.4 is 4.74 Å². The van der Waals surface area contributed by atoms with Gasteiger partial charge in [-0.05, 0) is 30.3 Å². The molecule has 0 spiro atoms. The van der Waals surface area contributed by atoms with Crippen LogP contribution >= 0.6 is 23.2 Å². The summed E-state index contributed by atoms with van der Waals surface area (Å²) < 4.78 is 5.83. The van der Waals surface area contributed by atoms with Crippen molar-refractivity contribution in [3.8, 4) is 16.9 Å². The van der Waals surface area contributed by atoms with Gasteiger partial charge in [0.15, 0.2) is 0 Å². The van der Waals surface area contributed by atoms with E-state index < -0.39 is 0 Å². The average molecular weight is 370 g/mol. The number of hydrogen-bond donors (Lipinski definition) is 1. The summed E-state index contributed by atoms with van der Waals surface area (Å²) in [4.78, 5) is 11.8. The lowest BCUT2D eigenvalue weighted by molar-refractivity contribution is 0.305. The SMILES string of the molecule is Clc1ccc(COc2cncc(-c3cnc4[nH]ccc4c3)c2)c(Cl)c1. The van der Waals surface area contributed by atoms with Crippen molar-refractivity contribution in [2.75, 3.05) is 0 Å². The Morgan fingerprint density at radius 2 is 1.84 bits per heavy atom. The lowest BCUT2D eigenvalue weighted by Gasteiger charge is -2.09. The molecule has 0 bridgehead atoms. The summed E-state index contributed by atoms with van der Waals surface area (Å²) in [6.07, 6.45) is 7.15. The van der Waals surface area contributed by atoms with E-state index in [-0.39, 0.29) is 0 Å². The summed E-state index contributed by atoms with van der Waals surface area (Å²) in [6, 6.07) is 11.3. The number of ether oxygens (including phenoxy) is 1. The molecule has 4 rings (SSSR count). The molecule has 6 heteroatoms. The Morgan fingerprint density at radius 3 is 2.72 bits per heavy atom. The fourth-order valence-electron chi connectivity index (χ4n) is 2.55. The number of aromatic amines is 1. The van der Waals surface area contributed by atoms with Crippen LogP contribution in [0.5, 0.6) is 5.75 Å². The minimum atomic E-state index is 0.343. The molecule has 4 nitrogen and oxygen atoms in total. The highest BCUT2D eigenvalue weighted by molar-refractivity contribution is 6.35. The molecule has 0 aliphatic carbocycles. The number of rotatable bonds is 4. The summed E-state index contributed by atoms with van der Waals surface area (Å²) in [7, 11) is 0. The highest BCUT2D eigenvalue weighted by atomic mass is 35.5. The second-order valence-electron chi connectivity index (χ2n) is 5.57. The van der Waals surface area contributed by atoms with Crippen molar-refractivity contribution in [1.29, 1.82) is 0 Å². The highest BCUT2D eigenvalue weighted by Crippen LogP contribution is 2.26. The topological polar surface area (TPSA) is 50.8 Å². The van der Waals surface area contributed by atoms with Crippen molar-refractivity contribution in [3.05, 3.63) is 76.8 Å². The maximum Gasteiger partial charge on any atom is 0.138 e. The molecule has 25 heavy (non-hydrogen) atoms. The predicted octanol–water partition coefficient (Wildman–Crippen LogP) is 5.51. The fraction of sp³-hybridized carbons (Fsp3) is 0.0526. The number of aromatic nitrogens is 3. The molecule has 0 radical (unpaired) electrons. The Bertz CT molecular complexity index is 1050. The Hall–Kier alpha value is -2.56. The van der Waals surface area contributed by atoms with Gasteiger partial charge in [0, 0.05) is 50.7 Å². The van der Waals surface area contributed by atoms with E-state index in [0.29, 0.717) is 22.4 Å². The van der Waals surface area contributed by atoms with Crippen LogP contribution in [-0.4, -0.2) is 15.0 Å². The van der Waals surface area contributed by atoms with Crippen LogP contribution in [0.25, 0.3) is 22.2 Å². The number of nitrogens with zero attached hydrogens (tertiary/aromatic N) is 2. The molecule has 0 saturated heterocycles. The zero-order valence-corrected chi connectivity index (χ0v) is 14.6. The first-order valence-corrected chi connectivity index (χ1v) is 8.40. The van der Waals surface area contributed by atoms with Gasteiger partial charge in [0.2, 0.25) is 0 Å². The van der Waals surface area contributed by atoms with E-state index in [2.05, 4.69) is 21.0 Å². The van der Waals surface area contributed by atoms with Crippen molar-refractivity contribution >= 4 is 34.2 Å². The van der Waals surface area contributed by atoms with Gasteiger partial charge in [-0.25, -0.2) is 4.98 Å². The van der Waals surface area contributed by atoms with Crippen LogP contribution in [0.4, 0.5) is 0 Å². The van der Waals surface area contributed by atoms with Gasteiger partial charge < -0.3 is 9.72 Å². The molecule has 0 aliphatic heterocycles. The minimum Gasteiger partial charge on any atom is -0.487 e. The molecule has 0 aliphatic rings. The molecule has 1 N–H and O–H groups in total. The molecule has 1 aromatic carbocycles. The maximum absolute atomic E-state index is 6.18. The lowest BCUT2D eigenvalue weighted by Crippen LogP contribution is -1.97. The summed E-state index contributed by atoms with van der Waals surface area (Å²) >= 11 is 12.1. The molecular weight excluding hydrogens is 357 g/mol. The number of halogens is 2. The van der Waals surface area contributed by atoms with Crippen LogP contribution in [0.15, 0.2) is 61.2 Å².